The SMILES string of the molecule is C=C(OC)C(=O)N1CCOC2(CCCCC2)C1. The van der Waals surface area contributed by atoms with Gasteiger partial charge in [-0.15, -0.1) is 0 Å². The van der Waals surface area contributed by atoms with E-state index in [1.165, 1.54) is 26.4 Å². The quantitative estimate of drug-likeness (QED) is 0.544. The lowest BCUT2D eigenvalue weighted by Gasteiger charge is -2.44. The Kier molecular flexibility index (Phi) is 3.72. The molecule has 17 heavy (non-hydrogen) atoms. The average molecular weight is 239 g/mol. The van der Waals surface area contributed by atoms with Gasteiger partial charge >= 0.3 is 0 Å². The number of carbonyl (C=O) groups is 1. The van der Waals surface area contributed by atoms with Crippen molar-refractivity contribution < 1.29 is 14.3 Å². The fourth-order valence-electron chi connectivity index (χ4n) is 2.78. The van der Waals surface area contributed by atoms with E-state index in [2.05, 4.69) is 6.58 Å². The summed E-state index contributed by atoms with van der Waals surface area (Å²) in [5, 5.41) is 0. The maximum absolute atomic E-state index is 12.0. The maximum atomic E-state index is 12.0. The van der Waals surface area contributed by atoms with Crippen molar-refractivity contribution in [3.05, 3.63) is 12.3 Å². The number of rotatable bonds is 2. The molecule has 0 aromatic heterocycles. The minimum atomic E-state index is -0.0970. The van der Waals surface area contributed by atoms with Crippen molar-refractivity contribution in [2.75, 3.05) is 26.8 Å². The predicted octanol–water partition coefficient (Wildman–Crippen LogP) is 1.71. The van der Waals surface area contributed by atoms with Crippen LogP contribution >= 0.6 is 0 Å². The third-order valence-corrected chi connectivity index (χ3v) is 3.79. The first-order valence-corrected chi connectivity index (χ1v) is 6.33. The standard InChI is InChI=1S/C13H21NO3/c1-11(16-2)12(15)14-8-9-17-13(10-14)6-4-3-5-7-13/h1,3-10H2,2H3. The van der Waals surface area contributed by atoms with Crippen LogP contribution in [0.4, 0.5) is 0 Å². The number of ether oxygens (including phenoxy) is 2. The van der Waals surface area contributed by atoms with Crippen molar-refractivity contribution in [1.29, 1.82) is 0 Å². The largest absolute Gasteiger partial charge is 0.492 e. The molecule has 0 aromatic rings. The highest BCUT2D eigenvalue weighted by Crippen LogP contribution is 2.34. The Morgan fingerprint density at radius 3 is 2.71 bits per heavy atom. The molecular formula is C13H21NO3. The third-order valence-electron chi connectivity index (χ3n) is 3.79. The number of carbonyl (C=O) groups excluding carboxylic acids is 1. The van der Waals surface area contributed by atoms with Crippen LogP contribution in [-0.4, -0.2) is 43.2 Å². The monoisotopic (exact) mass is 239 g/mol. The lowest BCUT2D eigenvalue weighted by molar-refractivity contribution is -0.155. The highest BCUT2D eigenvalue weighted by molar-refractivity contribution is 5.90. The topological polar surface area (TPSA) is 38.8 Å². The van der Waals surface area contributed by atoms with Crippen molar-refractivity contribution in [2.24, 2.45) is 0 Å². The Hall–Kier alpha value is -1.03. The summed E-state index contributed by atoms with van der Waals surface area (Å²) in [6.45, 7) is 5.59. The summed E-state index contributed by atoms with van der Waals surface area (Å²) in [4.78, 5) is 13.8. The normalized spacial score (nSPS) is 23.5. The molecule has 2 fully saturated rings. The summed E-state index contributed by atoms with van der Waals surface area (Å²) >= 11 is 0. The molecule has 4 heteroatoms. The van der Waals surface area contributed by atoms with Crippen molar-refractivity contribution >= 4 is 5.91 Å². The summed E-state index contributed by atoms with van der Waals surface area (Å²) in [5.41, 5.74) is -0.0970. The van der Waals surface area contributed by atoms with Gasteiger partial charge in [-0.3, -0.25) is 4.79 Å². The lowest BCUT2D eigenvalue weighted by Crippen LogP contribution is -2.54. The first kappa shape index (κ1) is 12.4. The van der Waals surface area contributed by atoms with E-state index in [0.29, 0.717) is 19.7 Å². The summed E-state index contributed by atoms with van der Waals surface area (Å²) in [5.74, 6) is 0.124. The van der Waals surface area contributed by atoms with Gasteiger partial charge in [0.15, 0.2) is 5.76 Å². The highest BCUT2D eigenvalue weighted by atomic mass is 16.5. The second kappa shape index (κ2) is 5.08. The number of methoxy groups -OCH3 is 1. The van der Waals surface area contributed by atoms with Crippen LogP contribution in [0.15, 0.2) is 12.3 Å². The molecule has 0 aromatic carbocycles. The van der Waals surface area contributed by atoms with Crippen LogP contribution < -0.4 is 0 Å². The molecule has 0 radical (unpaired) electrons. The number of morpholine rings is 1. The Morgan fingerprint density at radius 2 is 2.06 bits per heavy atom. The molecule has 2 aliphatic rings. The second-order valence-corrected chi connectivity index (χ2v) is 4.95. The Labute approximate surface area is 103 Å². The molecule has 1 saturated heterocycles. The number of amides is 1. The molecule has 1 spiro atoms. The van der Waals surface area contributed by atoms with E-state index < -0.39 is 0 Å². The zero-order valence-corrected chi connectivity index (χ0v) is 10.5. The predicted molar refractivity (Wildman–Crippen MR) is 64.5 cm³/mol. The van der Waals surface area contributed by atoms with Crippen molar-refractivity contribution in [1.82, 2.24) is 4.90 Å². The fraction of sp³-hybridized carbons (Fsp3) is 0.769. The van der Waals surface area contributed by atoms with Crippen molar-refractivity contribution in [3.63, 3.8) is 0 Å². The average Bonchev–Trinajstić information content (AvgIpc) is 2.38. The first-order valence-electron chi connectivity index (χ1n) is 6.33. The Balaban J connectivity index is 2.01. The first-order chi connectivity index (χ1) is 8.17. The summed E-state index contributed by atoms with van der Waals surface area (Å²) < 4.78 is 10.9. The molecule has 1 aliphatic carbocycles. The number of hydrogen-bond acceptors (Lipinski definition) is 3. The van der Waals surface area contributed by atoms with E-state index in [1.807, 2.05) is 4.90 Å². The zero-order valence-electron chi connectivity index (χ0n) is 10.5. The lowest BCUT2D eigenvalue weighted by atomic mass is 9.83. The van der Waals surface area contributed by atoms with Crippen LogP contribution in [0.1, 0.15) is 32.1 Å². The summed E-state index contributed by atoms with van der Waals surface area (Å²) in [6.07, 6.45) is 5.82. The van der Waals surface area contributed by atoms with E-state index in [1.54, 1.807) is 0 Å². The van der Waals surface area contributed by atoms with Crippen molar-refractivity contribution in [3.8, 4) is 0 Å². The Morgan fingerprint density at radius 1 is 1.35 bits per heavy atom. The van der Waals surface area contributed by atoms with Gasteiger partial charge < -0.3 is 14.4 Å². The summed E-state index contributed by atoms with van der Waals surface area (Å²) in [6, 6.07) is 0. The van der Waals surface area contributed by atoms with E-state index in [4.69, 9.17) is 9.47 Å². The molecule has 0 atom stereocenters. The minimum Gasteiger partial charge on any atom is -0.492 e. The van der Waals surface area contributed by atoms with Crippen LogP contribution in [-0.2, 0) is 14.3 Å². The van der Waals surface area contributed by atoms with Crippen molar-refractivity contribution in [2.45, 2.75) is 37.7 Å². The van der Waals surface area contributed by atoms with Gasteiger partial charge in [0.1, 0.15) is 0 Å². The van der Waals surface area contributed by atoms with E-state index >= 15 is 0 Å². The smallest absolute Gasteiger partial charge is 0.288 e. The van der Waals surface area contributed by atoms with Crippen LogP contribution in [0.5, 0.6) is 0 Å². The van der Waals surface area contributed by atoms with Gasteiger partial charge in [0, 0.05) is 6.54 Å². The third kappa shape index (κ3) is 2.63. The molecule has 0 unspecified atom stereocenters. The molecular weight excluding hydrogens is 218 g/mol. The van der Waals surface area contributed by atoms with Crippen LogP contribution in [0, 0.1) is 0 Å². The molecule has 4 nitrogen and oxygen atoms in total. The molecule has 1 heterocycles. The van der Waals surface area contributed by atoms with E-state index in [9.17, 15) is 4.79 Å². The minimum absolute atomic E-state index is 0.0965. The molecule has 0 N–H and O–H groups in total. The van der Waals surface area contributed by atoms with Crippen LogP contribution in [0.3, 0.4) is 0 Å². The van der Waals surface area contributed by atoms with Gasteiger partial charge in [-0.2, -0.15) is 0 Å². The molecule has 1 saturated carbocycles. The number of nitrogens with zero attached hydrogens (tertiary/aromatic N) is 1. The van der Waals surface area contributed by atoms with Gasteiger partial charge in [-0.05, 0) is 12.8 Å². The Bertz CT molecular complexity index is 302. The van der Waals surface area contributed by atoms with E-state index in [-0.39, 0.29) is 17.3 Å². The van der Waals surface area contributed by atoms with Crippen LogP contribution in [0.25, 0.3) is 0 Å². The van der Waals surface area contributed by atoms with Gasteiger partial charge in [-0.1, -0.05) is 25.8 Å². The zero-order chi connectivity index (χ0) is 12.3. The van der Waals surface area contributed by atoms with Gasteiger partial charge in [0.05, 0.1) is 25.9 Å². The van der Waals surface area contributed by atoms with E-state index in [0.717, 1.165) is 12.8 Å². The molecule has 1 amide bonds. The highest BCUT2D eigenvalue weighted by Gasteiger charge is 2.39. The second-order valence-electron chi connectivity index (χ2n) is 4.95. The van der Waals surface area contributed by atoms with Gasteiger partial charge in [0.2, 0.25) is 0 Å². The molecule has 1 aliphatic heterocycles. The molecule has 0 bridgehead atoms. The summed E-state index contributed by atoms with van der Waals surface area (Å²) in [7, 11) is 1.48. The maximum Gasteiger partial charge on any atom is 0.288 e. The molecule has 96 valence electrons. The van der Waals surface area contributed by atoms with Gasteiger partial charge in [-0.25, -0.2) is 0 Å². The van der Waals surface area contributed by atoms with Crippen LogP contribution in [0.2, 0.25) is 0 Å². The fourth-order valence-corrected chi connectivity index (χ4v) is 2.78. The molecule has 2 rings (SSSR count). The number of hydrogen-bond donors (Lipinski definition) is 0. The van der Waals surface area contributed by atoms with Gasteiger partial charge in [0.25, 0.3) is 5.91 Å².